The van der Waals surface area contributed by atoms with Gasteiger partial charge in [0, 0.05) is 4.92 Å². The van der Waals surface area contributed by atoms with Crippen LogP contribution in [-0.2, 0) is 0 Å². The molecule has 5 heteroatoms. The van der Waals surface area contributed by atoms with Crippen molar-refractivity contribution in [3.8, 4) is 0 Å². The molecule has 4 N–H and O–H groups in total. The Labute approximate surface area is 53.2 Å². The molecule has 5 nitrogen and oxygen atoms in total. The normalized spacial score (nSPS) is 11.4. The number of rotatable bonds is 3. The van der Waals surface area contributed by atoms with Crippen molar-refractivity contribution in [1.82, 2.24) is 0 Å². The largest absolute Gasteiger partial charge is 0.308 e. The molecular formula is C4H11N3O2. The van der Waals surface area contributed by atoms with Crippen LogP contribution in [0.15, 0.2) is 0 Å². The Hall–Kier alpha value is -0.680. The van der Waals surface area contributed by atoms with Gasteiger partial charge in [-0.3, -0.25) is 10.1 Å². The maximum atomic E-state index is 9.82. The maximum absolute atomic E-state index is 9.82. The first-order chi connectivity index (χ1) is 3.98. The van der Waals surface area contributed by atoms with Crippen molar-refractivity contribution in [2.24, 2.45) is 11.5 Å². The van der Waals surface area contributed by atoms with Gasteiger partial charge in [-0.25, -0.2) is 0 Å². The summed E-state index contributed by atoms with van der Waals surface area (Å²) in [6.45, 7) is 1.34. The molecule has 0 aromatic rings. The Morgan fingerprint density at radius 3 is 2.22 bits per heavy atom. The van der Waals surface area contributed by atoms with Gasteiger partial charge in [-0.2, -0.15) is 0 Å². The van der Waals surface area contributed by atoms with E-state index in [-0.39, 0.29) is 6.54 Å². The minimum atomic E-state index is -1.14. The van der Waals surface area contributed by atoms with Crippen LogP contribution in [0.5, 0.6) is 0 Å². The molecule has 0 radical (unpaired) electrons. The van der Waals surface area contributed by atoms with Gasteiger partial charge >= 0.3 is 0 Å². The van der Waals surface area contributed by atoms with Gasteiger partial charge in [-0.05, 0) is 6.42 Å². The van der Waals surface area contributed by atoms with Crippen LogP contribution in [0.1, 0.15) is 13.3 Å². The number of hydrogen-bond donors (Lipinski definition) is 2. The Balaban J connectivity index is 3.71. The summed E-state index contributed by atoms with van der Waals surface area (Å²) in [5, 5.41) is 9.82. The molecule has 0 atom stereocenters. The number of nitrogens with two attached hydrogens (primary N) is 2. The van der Waals surface area contributed by atoms with Crippen LogP contribution in [0.4, 0.5) is 0 Å². The maximum Gasteiger partial charge on any atom is 0.234 e. The minimum Gasteiger partial charge on any atom is -0.308 e. The van der Waals surface area contributed by atoms with E-state index in [4.69, 9.17) is 11.5 Å². The highest BCUT2D eigenvalue weighted by molar-refractivity contribution is 4.72. The van der Waals surface area contributed by atoms with E-state index in [0.29, 0.717) is 6.42 Å². The van der Waals surface area contributed by atoms with Crippen LogP contribution < -0.4 is 11.5 Å². The molecule has 0 bridgehead atoms. The standard InChI is InChI=1S/C4H11N3O2/c1-2-4(5,6)3-7(8)9/h2-3,5-6H2,1H3. The first-order valence-corrected chi connectivity index (χ1v) is 2.67. The highest BCUT2D eigenvalue weighted by Gasteiger charge is 2.22. The molecule has 0 aliphatic rings. The summed E-state index contributed by atoms with van der Waals surface area (Å²) in [7, 11) is 0. The average molecular weight is 133 g/mol. The zero-order valence-corrected chi connectivity index (χ0v) is 5.33. The first kappa shape index (κ1) is 8.32. The van der Waals surface area contributed by atoms with Crippen molar-refractivity contribution in [2.75, 3.05) is 6.54 Å². The van der Waals surface area contributed by atoms with E-state index < -0.39 is 10.6 Å². The smallest absolute Gasteiger partial charge is 0.234 e. The van der Waals surface area contributed by atoms with Crippen LogP contribution in [0.2, 0.25) is 0 Å². The Bertz CT molecular complexity index is 112. The Morgan fingerprint density at radius 2 is 2.11 bits per heavy atom. The van der Waals surface area contributed by atoms with E-state index in [2.05, 4.69) is 0 Å². The van der Waals surface area contributed by atoms with Crippen LogP contribution in [-0.4, -0.2) is 17.1 Å². The van der Waals surface area contributed by atoms with Crippen LogP contribution in [0.25, 0.3) is 0 Å². The predicted molar refractivity (Wildman–Crippen MR) is 33.3 cm³/mol. The molecule has 54 valence electrons. The second-order valence-corrected chi connectivity index (χ2v) is 2.08. The average Bonchev–Trinajstić information content (AvgIpc) is 1.63. The molecule has 0 aromatic carbocycles. The molecule has 0 saturated carbocycles. The predicted octanol–water partition coefficient (Wildman–Crippen LogP) is -0.713. The Morgan fingerprint density at radius 1 is 1.67 bits per heavy atom. The van der Waals surface area contributed by atoms with E-state index in [0.717, 1.165) is 0 Å². The summed E-state index contributed by atoms with van der Waals surface area (Å²) in [6, 6.07) is 0. The first-order valence-electron chi connectivity index (χ1n) is 2.67. The fourth-order valence-corrected chi connectivity index (χ4v) is 0.352. The highest BCUT2D eigenvalue weighted by atomic mass is 16.6. The van der Waals surface area contributed by atoms with Gasteiger partial charge < -0.3 is 11.5 Å². The third-order valence-electron chi connectivity index (χ3n) is 1.08. The van der Waals surface area contributed by atoms with Gasteiger partial charge in [0.05, 0.1) is 0 Å². The zero-order chi connectivity index (χ0) is 7.49. The van der Waals surface area contributed by atoms with Crippen molar-refractivity contribution in [2.45, 2.75) is 19.0 Å². The molecule has 0 saturated heterocycles. The molecule has 0 fully saturated rings. The molecule has 0 aliphatic heterocycles. The minimum absolute atomic E-state index is 0.372. The molecule has 0 rings (SSSR count). The zero-order valence-electron chi connectivity index (χ0n) is 5.33. The molecule has 0 amide bonds. The third-order valence-corrected chi connectivity index (χ3v) is 1.08. The fraction of sp³-hybridized carbons (Fsp3) is 1.00. The van der Waals surface area contributed by atoms with Crippen molar-refractivity contribution < 1.29 is 4.92 Å². The summed E-state index contributed by atoms with van der Waals surface area (Å²) in [5.41, 5.74) is 9.37. The van der Waals surface area contributed by atoms with Crippen molar-refractivity contribution in [3.05, 3.63) is 10.1 Å². The van der Waals surface area contributed by atoms with Gasteiger partial charge in [-0.1, -0.05) is 6.92 Å². The number of nitro groups is 1. The lowest BCUT2D eigenvalue weighted by atomic mass is 10.1. The lowest BCUT2D eigenvalue weighted by Crippen LogP contribution is -2.54. The van der Waals surface area contributed by atoms with Crippen molar-refractivity contribution >= 4 is 0 Å². The van der Waals surface area contributed by atoms with Crippen molar-refractivity contribution in [3.63, 3.8) is 0 Å². The van der Waals surface area contributed by atoms with E-state index in [1.807, 2.05) is 0 Å². The number of hydrogen-bond acceptors (Lipinski definition) is 4. The molecule has 0 heterocycles. The highest BCUT2D eigenvalue weighted by Crippen LogP contribution is 1.95. The summed E-state index contributed by atoms with van der Waals surface area (Å²) in [4.78, 5) is 9.31. The Kier molecular flexibility index (Phi) is 2.54. The van der Waals surface area contributed by atoms with Crippen LogP contribution >= 0.6 is 0 Å². The van der Waals surface area contributed by atoms with E-state index in [1.165, 1.54) is 0 Å². The van der Waals surface area contributed by atoms with Gasteiger partial charge in [0.2, 0.25) is 6.54 Å². The molecule has 0 aliphatic carbocycles. The monoisotopic (exact) mass is 133 g/mol. The van der Waals surface area contributed by atoms with Crippen LogP contribution in [0, 0.1) is 10.1 Å². The fourth-order valence-electron chi connectivity index (χ4n) is 0.352. The van der Waals surface area contributed by atoms with Crippen LogP contribution in [0.3, 0.4) is 0 Å². The summed E-state index contributed by atoms with van der Waals surface area (Å²) < 4.78 is 0. The molecule has 0 aromatic heterocycles. The second-order valence-electron chi connectivity index (χ2n) is 2.08. The van der Waals surface area contributed by atoms with Crippen molar-refractivity contribution in [1.29, 1.82) is 0 Å². The molecule has 0 unspecified atom stereocenters. The van der Waals surface area contributed by atoms with Gasteiger partial charge in [-0.15, -0.1) is 0 Å². The van der Waals surface area contributed by atoms with Gasteiger partial charge in [0.1, 0.15) is 5.66 Å². The summed E-state index contributed by atoms with van der Waals surface area (Å²) in [6.07, 6.45) is 0.411. The molecular weight excluding hydrogens is 122 g/mol. The summed E-state index contributed by atoms with van der Waals surface area (Å²) >= 11 is 0. The van der Waals surface area contributed by atoms with E-state index in [1.54, 1.807) is 6.92 Å². The summed E-state index contributed by atoms with van der Waals surface area (Å²) in [5.74, 6) is 0. The van der Waals surface area contributed by atoms with Gasteiger partial charge in [0.25, 0.3) is 0 Å². The lowest BCUT2D eigenvalue weighted by Gasteiger charge is -2.15. The molecule has 0 spiro atoms. The SMILES string of the molecule is CCC(N)(N)C[N+](=O)[O-]. The van der Waals surface area contributed by atoms with E-state index in [9.17, 15) is 10.1 Å². The number of nitrogens with zero attached hydrogens (tertiary/aromatic N) is 1. The second kappa shape index (κ2) is 2.75. The molecule has 9 heavy (non-hydrogen) atoms. The quantitative estimate of drug-likeness (QED) is 0.302. The van der Waals surface area contributed by atoms with Gasteiger partial charge in [0.15, 0.2) is 0 Å². The topological polar surface area (TPSA) is 95.2 Å². The van der Waals surface area contributed by atoms with E-state index >= 15 is 0 Å². The third kappa shape index (κ3) is 3.87. The lowest BCUT2D eigenvalue weighted by molar-refractivity contribution is -0.489.